The number of thiophene rings is 1. The lowest BCUT2D eigenvalue weighted by Crippen LogP contribution is -1.69. The second kappa shape index (κ2) is 4.42. The molecule has 1 heteroatoms. The van der Waals surface area contributed by atoms with Gasteiger partial charge in [-0.2, -0.15) is 0 Å². The van der Waals surface area contributed by atoms with Crippen LogP contribution in [0.25, 0.3) is 0 Å². The summed E-state index contributed by atoms with van der Waals surface area (Å²) in [6.07, 6.45) is 4.95. The summed E-state index contributed by atoms with van der Waals surface area (Å²) in [5, 5.41) is 0. The molecule has 0 aliphatic carbocycles. The Balaban J connectivity index is 2.90. The van der Waals surface area contributed by atoms with Gasteiger partial charge in [-0.3, -0.25) is 0 Å². The van der Waals surface area contributed by atoms with Crippen LogP contribution >= 0.6 is 11.3 Å². The van der Waals surface area contributed by atoms with E-state index in [0.29, 0.717) is 0 Å². The fraction of sp³-hybridized carbons (Fsp3) is 0.167. The van der Waals surface area contributed by atoms with Gasteiger partial charge in [0, 0.05) is 15.3 Å². The zero-order valence-corrected chi connectivity index (χ0v) is 8.38. The van der Waals surface area contributed by atoms with E-state index in [0.717, 1.165) is 5.56 Å². The summed E-state index contributed by atoms with van der Waals surface area (Å²) in [5.41, 5.74) is 1.05. The summed E-state index contributed by atoms with van der Waals surface area (Å²) in [6.45, 7) is 4.12. The molecule has 1 aromatic heterocycles. The summed E-state index contributed by atoms with van der Waals surface area (Å²) in [6, 6.07) is 2.06. The second-order valence-corrected chi connectivity index (χ2v) is 3.93. The Bertz CT molecular complexity index is 461. The fourth-order valence-electron chi connectivity index (χ4n) is 0.921. The van der Waals surface area contributed by atoms with Crippen molar-refractivity contribution in [1.29, 1.82) is 0 Å². The molecule has 0 N–H and O–H groups in total. The average molecular weight is 184 g/mol. The molecule has 0 aliphatic rings. The van der Waals surface area contributed by atoms with Crippen molar-refractivity contribution in [2.75, 3.05) is 0 Å². The lowest BCUT2D eigenvalue weighted by Gasteiger charge is -1.80. The maximum atomic E-state index is 4.95. The molecule has 0 atom stereocenters. The number of hydrogen-bond donors (Lipinski definition) is 0. The van der Waals surface area contributed by atoms with Crippen molar-refractivity contribution in [3.05, 3.63) is 21.4 Å². The molecular weight excluding hydrogens is 176 g/mol. The molecule has 0 nitrogen and oxygen atoms in total. The predicted molar refractivity (Wildman–Crippen MR) is 57.3 cm³/mol. The lowest BCUT2D eigenvalue weighted by atomic mass is 10.2. The first-order valence-corrected chi connectivity index (χ1v) is 4.59. The minimum atomic E-state index is 1.05. The molecular formula is C12H8S. The molecule has 13 heavy (non-hydrogen) atoms. The van der Waals surface area contributed by atoms with Gasteiger partial charge < -0.3 is 0 Å². The molecule has 0 amide bonds. The normalized spacial score (nSPS) is 7.46. The maximum Gasteiger partial charge on any atom is 0.0394 e. The zero-order chi connectivity index (χ0) is 9.68. The van der Waals surface area contributed by atoms with E-state index in [1.807, 2.05) is 0 Å². The number of aryl methyl sites for hydroxylation is 2. The van der Waals surface area contributed by atoms with E-state index < -0.39 is 0 Å². The highest BCUT2D eigenvalue weighted by Gasteiger charge is 1.97. The largest absolute Gasteiger partial charge is 0.145 e. The lowest BCUT2D eigenvalue weighted by molar-refractivity contribution is 1.56. The van der Waals surface area contributed by atoms with E-state index in [2.05, 4.69) is 49.5 Å². The van der Waals surface area contributed by atoms with Crippen LogP contribution in [0, 0.1) is 49.9 Å². The Labute approximate surface area is 83.0 Å². The first kappa shape index (κ1) is 9.47. The first-order chi connectivity index (χ1) is 6.24. The molecule has 0 spiro atoms. The first-order valence-electron chi connectivity index (χ1n) is 3.77. The van der Waals surface area contributed by atoms with Gasteiger partial charge in [-0.25, -0.2) is 0 Å². The van der Waals surface area contributed by atoms with Gasteiger partial charge in [0.25, 0.3) is 0 Å². The van der Waals surface area contributed by atoms with Gasteiger partial charge in [0.1, 0.15) is 0 Å². The summed E-state index contributed by atoms with van der Waals surface area (Å²) >= 11 is 1.74. The van der Waals surface area contributed by atoms with Gasteiger partial charge in [0.15, 0.2) is 0 Å². The third-order valence-electron chi connectivity index (χ3n) is 1.44. The highest BCUT2D eigenvalue weighted by Crippen LogP contribution is 2.19. The molecule has 62 valence electrons. The molecule has 1 aromatic rings. The van der Waals surface area contributed by atoms with Gasteiger partial charge in [0.2, 0.25) is 0 Å². The summed E-state index contributed by atoms with van der Waals surface area (Å²) in [4.78, 5) is 2.50. The van der Waals surface area contributed by atoms with E-state index in [1.54, 1.807) is 11.3 Å². The molecule has 0 unspecified atom stereocenters. The molecule has 1 heterocycles. The van der Waals surface area contributed by atoms with Gasteiger partial charge >= 0.3 is 0 Å². The average Bonchev–Trinajstić information content (AvgIpc) is 2.39. The van der Waals surface area contributed by atoms with Crippen molar-refractivity contribution in [1.82, 2.24) is 0 Å². The molecule has 1 rings (SSSR count). The Hall–Kier alpha value is -1.62. The Morgan fingerprint density at radius 2 is 2.00 bits per heavy atom. The third kappa shape index (κ3) is 2.72. The summed E-state index contributed by atoms with van der Waals surface area (Å²) in [7, 11) is 0. The Morgan fingerprint density at radius 1 is 1.23 bits per heavy atom. The predicted octanol–water partition coefficient (Wildman–Crippen LogP) is 2.35. The van der Waals surface area contributed by atoms with Gasteiger partial charge in [0.05, 0.1) is 0 Å². The van der Waals surface area contributed by atoms with E-state index in [1.165, 1.54) is 9.75 Å². The monoisotopic (exact) mass is 184 g/mol. The van der Waals surface area contributed by atoms with Crippen LogP contribution in [0.1, 0.15) is 15.3 Å². The van der Waals surface area contributed by atoms with Crippen LogP contribution in [-0.4, -0.2) is 0 Å². The number of rotatable bonds is 0. The van der Waals surface area contributed by atoms with E-state index in [-0.39, 0.29) is 0 Å². The van der Waals surface area contributed by atoms with Crippen LogP contribution < -0.4 is 0 Å². The topological polar surface area (TPSA) is 0 Å². The fourth-order valence-corrected chi connectivity index (χ4v) is 1.80. The van der Waals surface area contributed by atoms with Crippen LogP contribution in [0.4, 0.5) is 0 Å². The smallest absolute Gasteiger partial charge is 0.0394 e. The van der Waals surface area contributed by atoms with E-state index >= 15 is 0 Å². The zero-order valence-electron chi connectivity index (χ0n) is 7.56. The molecule has 0 saturated carbocycles. The molecule has 0 saturated heterocycles. The van der Waals surface area contributed by atoms with Gasteiger partial charge in [-0.15, -0.1) is 17.8 Å². The van der Waals surface area contributed by atoms with Crippen molar-refractivity contribution < 1.29 is 0 Å². The van der Waals surface area contributed by atoms with Crippen LogP contribution in [0.15, 0.2) is 6.07 Å². The van der Waals surface area contributed by atoms with Crippen molar-refractivity contribution in [3.63, 3.8) is 0 Å². The second-order valence-electron chi connectivity index (χ2n) is 2.47. The molecule has 0 fully saturated rings. The SMILES string of the molecule is C#CC#CC#Cc1cc(C)sc1C. The molecule has 0 aliphatic heterocycles. The molecule has 0 bridgehead atoms. The minimum absolute atomic E-state index is 1.05. The molecule has 0 radical (unpaired) electrons. The van der Waals surface area contributed by atoms with E-state index in [9.17, 15) is 0 Å². The Kier molecular flexibility index (Phi) is 3.22. The molecule has 0 aromatic carbocycles. The highest BCUT2D eigenvalue weighted by atomic mass is 32.1. The minimum Gasteiger partial charge on any atom is -0.145 e. The van der Waals surface area contributed by atoms with Crippen LogP contribution in [0.3, 0.4) is 0 Å². The highest BCUT2D eigenvalue weighted by molar-refractivity contribution is 7.12. The standard InChI is InChI=1S/C12H8S/c1-4-5-6-7-8-12-9-10(2)13-11(12)3/h1,9H,2-3H3. The van der Waals surface area contributed by atoms with Crippen molar-refractivity contribution in [2.45, 2.75) is 13.8 Å². The summed E-state index contributed by atoms with van der Waals surface area (Å²) < 4.78 is 0. The number of terminal acetylenes is 1. The van der Waals surface area contributed by atoms with Crippen molar-refractivity contribution in [3.8, 4) is 36.0 Å². The van der Waals surface area contributed by atoms with Crippen LogP contribution in [0.5, 0.6) is 0 Å². The van der Waals surface area contributed by atoms with Crippen LogP contribution in [-0.2, 0) is 0 Å². The van der Waals surface area contributed by atoms with Crippen molar-refractivity contribution >= 4 is 11.3 Å². The van der Waals surface area contributed by atoms with Crippen LogP contribution in [0.2, 0.25) is 0 Å². The van der Waals surface area contributed by atoms with Gasteiger partial charge in [-0.05, 0) is 43.6 Å². The number of hydrogen-bond acceptors (Lipinski definition) is 1. The maximum absolute atomic E-state index is 4.95. The quantitative estimate of drug-likeness (QED) is 0.543. The summed E-state index contributed by atoms with van der Waals surface area (Å²) in [5.74, 6) is 12.9. The third-order valence-corrected chi connectivity index (χ3v) is 2.40. The Morgan fingerprint density at radius 3 is 2.54 bits per heavy atom. The van der Waals surface area contributed by atoms with E-state index in [4.69, 9.17) is 6.42 Å². The van der Waals surface area contributed by atoms with Crippen molar-refractivity contribution in [2.24, 2.45) is 0 Å². The van der Waals surface area contributed by atoms with Gasteiger partial charge in [-0.1, -0.05) is 5.92 Å².